The number of thioether (sulfide) groups is 1. The zero-order valence-corrected chi connectivity index (χ0v) is 14.3. The molecular formula is C17H22N2O3S. The Morgan fingerprint density at radius 1 is 1.39 bits per heavy atom. The monoisotopic (exact) mass is 334 g/mol. The first kappa shape index (κ1) is 16.2. The molecule has 1 N–H and O–H groups in total. The molecule has 1 saturated heterocycles. The van der Waals surface area contributed by atoms with Crippen LogP contribution < -0.4 is 5.32 Å². The Labute approximate surface area is 140 Å². The molecule has 1 amide bonds. The summed E-state index contributed by atoms with van der Waals surface area (Å²) < 4.78 is 10.7. The molecule has 0 aliphatic carbocycles. The maximum Gasteiger partial charge on any atom is 0.254 e. The van der Waals surface area contributed by atoms with Crippen LogP contribution in [0, 0.1) is 13.8 Å². The molecule has 1 aliphatic heterocycles. The maximum absolute atomic E-state index is 12.4. The standard InChI is InChI=1S/C17H22N2O3S/c1-12-9-15(13(2)22-12)17(20)18-10-16(14-3-6-21-11-14)19-4-7-23-8-5-19/h3,6,9,11,16H,4-5,7-8,10H2,1-2H3,(H,18,20)/t16-/m0/s1. The molecule has 2 aromatic rings. The third-order valence-electron chi connectivity index (χ3n) is 4.16. The Morgan fingerprint density at radius 3 is 2.78 bits per heavy atom. The lowest BCUT2D eigenvalue weighted by Gasteiger charge is -2.33. The molecule has 3 rings (SSSR count). The van der Waals surface area contributed by atoms with Crippen molar-refractivity contribution in [3.05, 3.63) is 47.3 Å². The third-order valence-corrected chi connectivity index (χ3v) is 5.10. The minimum absolute atomic E-state index is 0.0840. The van der Waals surface area contributed by atoms with Gasteiger partial charge in [-0.2, -0.15) is 11.8 Å². The van der Waals surface area contributed by atoms with Gasteiger partial charge in [-0.15, -0.1) is 0 Å². The van der Waals surface area contributed by atoms with Crippen LogP contribution in [-0.2, 0) is 0 Å². The van der Waals surface area contributed by atoms with E-state index >= 15 is 0 Å². The van der Waals surface area contributed by atoms with Gasteiger partial charge in [0.05, 0.1) is 24.1 Å². The summed E-state index contributed by atoms with van der Waals surface area (Å²) >= 11 is 1.97. The number of nitrogens with one attached hydrogen (secondary N) is 1. The minimum atomic E-state index is -0.0840. The Bertz CT molecular complexity index is 645. The number of rotatable bonds is 5. The largest absolute Gasteiger partial charge is 0.472 e. The van der Waals surface area contributed by atoms with Crippen LogP contribution in [0.2, 0.25) is 0 Å². The number of aryl methyl sites for hydroxylation is 2. The van der Waals surface area contributed by atoms with E-state index in [1.807, 2.05) is 31.7 Å². The van der Waals surface area contributed by atoms with Crippen LogP contribution in [0.5, 0.6) is 0 Å². The van der Waals surface area contributed by atoms with Gasteiger partial charge in [-0.05, 0) is 26.0 Å². The summed E-state index contributed by atoms with van der Waals surface area (Å²) in [5.41, 5.74) is 1.72. The molecule has 2 aromatic heterocycles. The molecule has 0 saturated carbocycles. The van der Waals surface area contributed by atoms with Gasteiger partial charge in [0.15, 0.2) is 0 Å². The number of amides is 1. The Balaban J connectivity index is 1.69. The van der Waals surface area contributed by atoms with Crippen molar-refractivity contribution < 1.29 is 13.6 Å². The van der Waals surface area contributed by atoms with Crippen LogP contribution in [0.15, 0.2) is 33.5 Å². The zero-order chi connectivity index (χ0) is 16.2. The zero-order valence-electron chi connectivity index (χ0n) is 13.5. The quantitative estimate of drug-likeness (QED) is 0.911. The molecule has 0 spiro atoms. The van der Waals surface area contributed by atoms with Crippen LogP contribution in [0.1, 0.15) is 33.5 Å². The van der Waals surface area contributed by atoms with Gasteiger partial charge in [-0.3, -0.25) is 9.69 Å². The van der Waals surface area contributed by atoms with Gasteiger partial charge in [0.2, 0.25) is 0 Å². The van der Waals surface area contributed by atoms with Gasteiger partial charge in [0, 0.05) is 36.7 Å². The number of carbonyl (C=O) groups is 1. The fraction of sp³-hybridized carbons (Fsp3) is 0.471. The average molecular weight is 334 g/mol. The summed E-state index contributed by atoms with van der Waals surface area (Å²) in [5, 5.41) is 3.05. The fourth-order valence-electron chi connectivity index (χ4n) is 2.95. The van der Waals surface area contributed by atoms with Crippen LogP contribution in [0.4, 0.5) is 0 Å². The van der Waals surface area contributed by atoms with Gasteiger partial charge in [0.25, 0.3) is 5.91 Å². The van der Waals surface area contributed by atoms with E-state index in [9.17, 15) is 4.79 Å². The van der Waals surface area contributed by atoms with E-state index in [0.29, 0.717) is 17.9 Å². The lowest BCUT2D eigenvalue weighted by molar-refractivity contribution is 0.0933. The molecule has 23 heavy (non-hydrogen) atoms. The SMILES string of the molecule is Cc1cc(C(=O)NC[C@@H](c2ccoc2)N2CCSCC2)c(C)o1. The van der Waals surface area contributed by atoms with Gasteiger partial charge in [-0.25, -0.2) is 0 Å². The van der Waals surface area contributed by atoms with E-state index in [0.717, 1.165) is 35.9 Å². The molecule has 124 valence electrons. The molecular weight excluding hydrogens is 312 g/mol. The van der Waals surface area contributed by atoms with Gasteiger partial charge in [-0.1, -0.05) is 0 Å². The lowest BCUT2D eigenvalue weighted by atomic mass is 10.1. The molecule has 0 radical (unpaired) electrons. The first-order valence-electron chi connectivity index (χ1n) is 7.84. The Kier molecular flexibility index (Phi) is 5.13. The number of hydrogen-bond donors (Lipinski definition) is 1. The summed E-state index contributed by atoms with van der Waals surface area (Å²) in [6, 6.07) is 3.91. The summed E-state index contributed by atoms with van der Waals surface area (Å²) in [5.74, 6) is 3.59. The van der Waals surface area contributed by atoms with E-state index in [4.69, 9.17) is 8.83 Å². The molecule has 0 aromatic carbocycles. The summed E-state index contributed by atoms with van der Waals surface area (Å²) in [4.78, 5) is 14.8. The number of carbonyl (C=O) groups excluding carboxylic acids is 1. The van der Waals surface area contributed by atoms with E-state index in [2.05, 4.69) is 10.2 Å². The smallest absolute Gasteiger partial charge is 0.254 e. The van der Waals surface area contributed by atoms with Gasteiger partial charge < -0.3 is 14.2 Å². The first-order chi connectivity index (χ1) is 11.1. The molecule has 1 fully saturated rings. The minimum Gasteiger partial charge on any atom is -0.472 e. The van der Waals surface area contributed by atoms with Crippen molar-refractivity contribution in [1.29, 1.82) is 0 Å². The van der Waals surface area contributed by atoms with Crippen molar-refractivity contribution >= 4 is 17.7 Å². The second-order valence-electron chi connectivity index (χ2n) is 5.76. The summed E-state index contributed by atoms with van der Waals surface area (Å²) in [6.45, 7) is 6.29. The second kappa shape index (κ2) is 7.27. The average Bonchev–Trinajstić information content (AvgIpc) is 3.18. The molecule has 1 aliphatic rings. The summed E-state index contributed by atoms with van der Waals surface area (Å²) in [6.07, 6.45) is 3.46. The van der Waals surface area contributed by atoms with Crippen molar-refractivity contribution in [2.75, 3.05) is 31.1 Å². The fourth-order valence-corrected chi connectivity index (χ4v) is 3.88. The van der Waals surface area contributed by atoms with E-state index in [1.165, 1.54) is 0 Å². The van der Waals surface area contributed by atoms with Crippen LogP contribution in [0.25, 0.3) is 0 Å². The van der Waals surface area contributed by atoms with E-state index in [1.54, 1.807) is 18.6 Å². The maximum atomic E-state index is 12.4. The highest BCUT2D eigenvalue weighted by atomic mass is 32.2. The van der Waals surface area contributed by atoms with Gasteiger partial charge >= 0.3 is 0 Å². The van der Waals surface area contributed by atoms with E-state index < -0.39 is 0 Å². The number of furan rings is 2. The van der Waals surface area contributed by atoms with Crippen molar-refractivity contribution in [1.82, 2.24) is 10.2 Å². The number of hydrogen-bond acceptors (Lipinski definition) is 5. The van der Waals surface area contributed by atoms with Gasteiger partial charge in [0.1, 0.15) is 11.5 Å². The Hall–Kier alpha value is -1.66. The molecule has 1 atom stereocenters. The van der Waals surface area contributed by atoms with E-state index in [-0.39, 0.29) is 11.9 Å². The highest BCUT2D eigenvalue weighted by Gasteiger charge is 2.24. The predicted octanol–water partition coefficient (Wildman–Crippen LogP) is 3.01. The molecule has 6 heteroatoms. The van der Waals surface area contributed by atoms with Crippen molar-refractivity contribution in [2.45, 2.75) is 19.9 Å². The second-order valence-corrected chi connectivity index (χ2v) is 6.98. The van der Waals surface area contributed by atoms with Crippen molar-refractivity contribution in [2.24, 2.45) is 0 Å². The predicted molar refractivity (Wildman–Crippen MR) is 90.9 cm³/mol. The normalized spacial score (nSPS) is 17.1. The highest BCUT2D eigenvalue weighted by Crippen LogP contribution is 2.24. The topological polar surface area (TPSA) is 58.6 Å². The molecule has 3 heterocycles. The van der Waals surface area contributed by atoms with Crippen molar-refractivity contribution in [3.8, 4) is 0 Å². The molecule has 0 bridgehead atoms. The highest BCUT2D eigenvalue weighted by molar-refractivity contribution is 7.99. The summed E-state index contributed by atoms with van der Waals surface area (Å²) in [7, 11) is 0. The third kappa shape index (κ3) is 3.82. The lowest BCUT2D eigenvalue weighted by Crippen LogP contribution is -2.42. The number of nitrogens with zero attached hydrogens (tertiary/aromatic N) is 1. The van der Waals surface area contributed by atoms with Crippen LogP contribution >= 0.6 is 11.8 Å². The molecule has 0 unspecified atom stereocenters. The molecule has 5 nitrogen and oxygen atoms in total. The first-order valence-corrected chi connectivity index (χ1v) is 8.99. The van der Waals surface area contributed by atoms with Crippen LogP contribution in [-0.4, -0.2) is 41.9 Å². The van der Waals surface area contributed by atoms with Crippen molar-refractivity contribution in [3.63, 3.8) is 0 Å². The Morgan fingerprint density at radius 2 is 2.17 bits per heavy atom. The van der Waals surface area contributed by atoms with Crippen LogP contribution in [0.3, 0.4) is 0 Å².